The topological polar surface area (TPSA) is 75.7 Å². The number of carbonyl (C=O) groups excluding carboxylic acids is 1. The van der Waals surface area contributed by atoms with Crippen LogP contribution in [0.1, 0.15) is 5.56 Å². The predicted molar refractivity (Wildman–Crippen MR) is 60.7 cm³/mol. The van der Waals surface area contributed by atoms with Crippen molar-refractivity contribution in [2.45, 2.75) is 11.3 Å². The van der Waals surface area contributed by atoms with E-state index in [2.05, 4.69) is 10.2 Å². The number of hydroxylamine groups is 1. The molecule has 1 N–H and O–H groups in total. The second-order valence-corrected chi connectivity index (χ2v) is 5.58. The summed E-state index contributed by atoms with van der Waals surface area (Å²) in [5, 5.41) is 2.64. The Labute approximate surface area is 99.2 Å². The van der Waals surface area contributed by atoms with Crippen LogP contribution >= 0.6 is 0 Å². The van der Waals surface area contributed by atoms with Crippen molar-refractivity contribution >= 4 is 21.6 Å². The second-order valence-electron chi connectivity index (χ2n) is 3.64. The van der Waals surface area contributed by atoms with E-state index in [0.717, 1.165) is 4.47 Å². The van der Waals surface area contributed by atoms with E-state index in [0.29, 0.717) is 11.3 Å². The summed E-state index contributed by atoms with van der Waals surface area (Å²) in [6.07, 6.45) is 0.204. The van der Waals surface area contributed by atoms with Gasteiger partial charge in [-0.2, -0.15) is 0 Å². The van der Waals surface area contributed by atoms with Crippen molar-refractivity contribution in [3.05, 3.63) is 23.8 Å². The zero-order valence-electron chi connectivity index (χ0n) is 9.43. The molecule has 1 amide bonds. The van der Waals surface area contributed by atoms with Gasteiger partial charge < -0.3 is 5.32 Å². The summed E-state index contributed by atoms with van der Waals surface area (Å²) in [5.74, 6) is -0.130. The molecule has 7 heteroatoms. The van der Waals surface area contributed by atoms with Gasteiger partial charge in [-0.1, -0.05) is 4.47 Å². The molecule has 6 nitrogen and oxygen atoms in total. The molecule has 92 valence electrons. The highest BCUT2D eigenvalue weighted by molar-refractivity contribution is 7.89. The minimum absolute atomic E-state index is 0.108. The van der Waals surface area contributed by atoms with Crippen LogP contribution in [-0.2, 0) is 26.1 Å². The Morgan fingerprint density at radius 3 is 2.76 bits per heavy atom. The molecule has 1 heterocycles. The van der Waals surface area contributed by atoms with Crippen molar-refractivity contribution in [3.8, 4) is 0 Å². The van der Waals surface area contributed by atoms with Crippen molar-refractivity contribution < 1.29 is 18.0 Å². The summed E-state index contributed by atoms with van der Waals surface area (Å²) >= 11 is 0. The number of benzene rings is 1. The second kappa shape index (κ2) is 4.10. The highest BCUT2D eigenvalue weighted by Crippen LogP contribution is 2.26. The maximum atomic E-state index is 11.9. The minimum atomic E-state index is -3.66. The molecule has 0 saturated heterocycles. The highest BCUT2D eigenvalue weighted by Gasteiger charge is 2.24. The molecule has 0 aliphatic carbocycles. The number of fused-ring (bicyclic) bond motifs is 1. The average molecular weight is 256 g/mol. The quantitative estimate of drug-likeness (QED) is 0.792. The monoisotopic (exact) mass is 256 g/mol. The Morgan fingerprint density at radius 2 is 2.12 bits per heavy atom. The number of carbonyl (C=O) groups is 1. The Hall–Kier alpha value is -1.44. The molecule has 0 atom stereocenters. The molecule has 0 saturated carbocycles. The number of nitrogens with one attached hydrogen (secondary N) is 1. The van der Waals surface area contributed by atoms with Crippen molar-refractivity contribution in [2.75, 3.05) is 19.5 Å². The molecule has 1 aromatic rings. The first-order chi connectivity index (χ1) is 7.95. The summed E-state index contributed by atoms with van der Waals surface area (Å²) in [6.45, 7) is 0. The van der Waals surface area contributed by atoms with Crippen molar-refractivity contribution in [1.82, 2.24) is 4.47 Å². The van der Waals surface area contributed by atoms with Crippen LogP contribution < -0.4 is 5.32 Å². The molecule has 0 spiro atoms. The normalized spacial score (nSPS) is 14.9. The molecule has 0 aromatic heterocycles. The molecule has 2 rings (SSSR count). The Bertz CT molecular complexity index is 568. The summed E-state index contributed by atoms with van der Waals surface area (Å²) in [6, 6.07) is 4.50. The van der Waals surface area contributed by atoms with Gasteiger partial charge in [-0.05, 0) is 23.8 Å². The Kier molecular flexibility index (Phi) is 2.90. The van der Waals surface area contributed by atoms with Gasteiger partial charge in [0.2, 0.25) is 5.91 Å². The van der Waals surface area contributed by atoms with Gasteiger partial charge >= 0.3 is 0 Å². The van der Waals surface area contributed by atoms with E-state index >= 15 is 0 Å². The third-order valence-electron chi connectivity index (χ3n) is 2.60. The molecule has 1 aliphatic rings. The van der Waals surface area contributed by atoms with Crippen LogP contribution in [0.5, 0.6) is 0 Å². The number of anilines is 1. The van der Waals surface area contributed by atoms with Gasteiger partial charge in [-0.3, -0.25) is 9.63 Å². The molecule has 17 heavy (non-hydrogen) atoms. The van der Waals surface area contributed by atoms with Gasteiger partial charge in [-0.15, -0.1) is 0 Å². The molecule has 0 unspecified atom stereocenters. The number of amides is 1. The van der Waals surface area contributed by atoms with Gasteiger partial charge in [0.1, 0.15) is 0 Å². The molecular weight excluding hydrogens is 244 g/mol. The summed E-state index contributed by atoms with van der Waals surface area (Å²) in [7, 11) is -1.07. The van der Waals surface area contributed by atoms with Gasteiger partial charge in [0.25, 0.3) is 10.0 Å². The van der Waals surface area contributed by atoms with E-state index in [1.54, 1.807) is 6.07 Å². The molecule has 0 radical (unpaired) electrons. The predicted octanol–water partition coefficient (Wildman–Crippen LogP) is 0.363. The first-order valence-electron chi connectivity index (χ1n) is 4.91. The zero-order valence-corrected chi connectivity index (χ0v) is 10.2. The first kappa shape index (κ1) is 12.0. The van der Waals surface area contributed by atoms with Crippen LogP contribution in [0.25, 0.3) is 0 Å². The number of hydrogen-bond acceptors (Lipinski definition) is 4. The summed E-state index contributed by atoms with van der Waals surface area (Å²) in [4.78, 5) is 15.9. The molecular formula is C10H12N2O4S. The van der Waals surface area contributed by atoms with Crippen LogP contribution in [0.4, 0.5) is 5.69 Å². The first-order valence-corrected chi connectivity index (χ1v) is 6.35. The number of rotatable bonds is 3. The van der Waals surface area contributed by atoms with E-state index in [1.165, 1.54) is 26.3 Å². The lowest BCUT2D eigenvalue weighted by Crippen LogP contribution is -2.25. The fourth-order valence-electron chi connectivity index (χ4n) is 1.61. The van der Waals surface area contributed by atoms with Crippen molar-refractivity contribution in [1.29, 1.82) is 0 Å². The maximum Gasteiger partial charge on any atom is 0.264 e. The molecule has 0 fully saturated rings. The van der Waals surface area contributed by atoms with Crippen LogP contribution in [0.2, 0.25) is 0 Å². The van der Waals surface area contributed by atoms with Crippen LogP contribution in [0.3, 0.4) is 0 Å². The highest BCUT2D eigenvalue weighted by atomic mass is 32.2. The van der Waals surface area contributed by atoms with Gasteiger partial charge in [0.15, 0.2) is 0 Å². The number of hydrogen-bond donors (Lipinski definition) is 1. The fourth-order valence-corrected chi connectivity index (χ4v) is 2.64. The lowest BCUT2D eigenvalue weighted by Gasteiger charge is -2.14. The zero-order chi connectivity index (χ0) is 12.6. The standard InChI is InChI=1S/C10H12N2O4S/c1-12(16-2)17(14,15)8-3-4-9-7(5-8)6-10(13)11-9/h3-5H,6H2,1-2H3,(H,11,13). The van der Waals surface area contributed by atoms with E-state index in [4.69, 9.17) is 0 Å². The third kappa shape index (κ3) is 2.04. The smallest absolute Gasteiger partial charge is 0.264 e. The summed E-state index contributed by atoms with van der Waals surface area (Å²) < 4.78 is 24.7. The largest absolute Gasteiger partial charge is 0.326 e. The third-order valence-corrected chi connectivity index (χ3v) is 4.27. The molecule has 0 bridgehead atoms. The van der Waals surface area contributed by atoms with Gasteiger partial charge in [0.05, 0.1) is 18.4 Å². The van der Waals surface area contributed by atoms with Gasteiger partial charge in [-0.25, -0.2) is 8.42 Å². The van der Waals surface area contributed by atoms with Crippen molar-refractivity contribution in [3.63, 3.8) is 0 Å². The fraction of sp³-hybridized carbons (Fsp3) is 0.300. The Balaban J connectivity index is 2.43. The number of nitrogens with zero attached hydrogens (tertiary/aromatic N) is 1. The minimum Gasteiger partial charge on any atom is -0.326 e. The van der Waals surface area contributed by atoms with Crippen molar-refractivity contribution in [2.24, 2.45) is 0 Å². The number of sulfonamides is 1. The van der Waals surface area contributed by atoms with Crippen LogP contribution in [-0.4, -0.2) is 33.0 Å². The Morgan fingerprint density at radius 1 is 1.41 bits per heavy atom. The molecule has 1 aromatic carbocycles. The lowest BCUT2D eigenvalue weighted by molar-refractivity contribution is -0.115. The maximum absolute atomic E-state index is 11.9. The van der Waals surface area contributed by atoms with Crippen LogP contribution in [0, 0.1) is 0 Å². The molecule has 1 aliphatic heterocycles. The van der Waals surface area contributed by atoms with Crippen LogP contribution in [0.15, 0.2) is 23.1 Å². The SMILES string of the molecule is CON(C)S(=O)(=O)c1ccc2c(c1)CC(=O)N2. The van der Waals surface area contributed by atoms with Gasteiger partial charge in [0, 0.05) is 12.7 Å². The van der Waals surface area contributed by atoms with E-state index < -0.39 is 10.0 Å². The average Bonchev–Trinajstić information content (AvgIpc) is 2.66. The van der Waals surface area contributed by atoms with E-state index in [9.17, 15) is 13.2 Å². The lowest BCUT2D eigenvalue weighted by atomic mass is 10.2. The van der Waals surface area contributed by atoms with E-state index in [-0.39, 0.29) is 17.2 Å². The van der Waals surface area contributed by atoms with E-state index in [1.807, 2.05) is 0 Å². The summed E-state index contributed by atoms with van der Waals surface area (Å²) in [5.41, 5.74) is 1.34.